The molecule has 5 atom stereocenters. The van der Waals surface area contributed by atoms with Gasteiger partial charge in [0.2, 0.25) is 0 Å². The van der Waals surface area contributed by atoms with Gasteiger partial charge in [-0.3, -0.25) is 9.69 Å². The number of hydrogen-bond acceptors (Lipinski definition) is 5. The molecule has 34 heavy (non-hydrogen) atoms. The lowest BCUT2D eigenvalue weighted by Gasteiger charge is -2.66. The summed E-state index contributed by atoms with van der Waals surface area (Å²) in [7, 11) is 0. The summed E-state index contributed by atoms with van der Waals surface area (Å²) in [6.07, 6.45) is 6.09. The maximum absolute atomic E-state index is 14.4. The number of nitrogens with zero attached hydrogens (tertiary/aromatic N) is 1. The highest BCUT2D eigenvalue weighted by molar-refractivity contribution is 5.95. The number of ether oxygens (including phenoxy) is 1. The van der Waals surface area contributed by atoms with E-state index in [-0.39, 0.29) is 17.6 Å². The Hall–Kier alpha value is -2.37. The van der Waals surface area contributed by atoms with Crippen molar-refractivity contribution in [3.05, 3.63) is 58.7 Å². The Morgan fingerprint density at radius 1 is 1.06 bits per heavy atom. The number of carbonyl (C=O) groups is 1. The minimum atomic E-state index is -1.04. The summed E-state index contributed by atoms with van der Waals surface area (Å²) >= 11 is 0. The van der Waals surface area contributed by atoms with Crippen LogP contribution in [0.25, 0.3) is 0 Å². The molecule has 0 aromatic heterocycles. The zero-order valence-corrected chi connectivity index (χ0v) is 19.4. The Balaban J connectivity index is 1.32. The van der Waals surface area contributed by atoms with Crippen molar-refractivity contribution in [1.29, 1.82) is 0 Å². The van der Waals surface area contributed by atoms with Crippen molar-refractivity contribution in [2.24, 2.45) is 11.3 Å². The summed E-state index contributed by atoms with van der Waals surface area (Å²) in [4.78, 5) is 17.0. The Bertz CT molecular complexity index is 1250. The molecule has 2 aromatic rings. The number of piperidine rings is 1. The minimum absolute atomic E-state index is 0.0157. The molecule has 4 aliphatic carbocycles. The fourth-order valence-corrected chi connectivity index (χ4v) is 8.68. The van der Waals surface area contributed by atoms with E-state index in [0.29, 0.717) is 25.0 Å². The second-order valence-corrected chi connectivity index (χ2v) is 12.0. The van der Waals surface area contributed by atoms with E-state index in [0.717, 1.165) is 49.4 Å². The lowest BCUT2D eigenvalue weighted by atomic mass is 9.43. The summed E-state index contributed by atoms with van der Waals surface area (Å²) in [6.45, 7) is 1.92. The van der Waals surface area contributed by atoms with E-state index in [1.165, 1.54) is 24.0 Å². The monoisotopic (exact) mass is 457 g/mol. The van der Waals surface area contributed by atoms with Crippen molar-refractivity contribution in [3.63, 3.8) is 0 Å². The quantitative estimate of drug-likeness (QED) is 0.724. The first kappa shape index (κ1) is 19.9. The molecule has 5 heteroatoms. The van der Waals surface area contributed by atoms with E-state index < -0.39 is 22.5 Å². The van der Waals surface area contributed by atoms with E-state index in [1.54, 1.807) is 6.07 Å². The predicted molar refractivity (Wildman–Crippen MR) is 126 cm³/mol. The number of fused-ring (bicyclic) bond motifs is 1. The molecular weight excluding hydrogens is 426 g/mol. The third kappa shape index (κ3) is 2.22. The van der Waals surface area contributed by atoms with Gasteiger partial charge in [0.05, 0.1) is 11.0 Å². The van der Waals surface area contributed by atoms with Gasteiger partial charge in [0.15, 0.2) is 23.4 Å². The van der Waals surface area contributed by atoms with E-state index >= 15 is 0 Å². The molecule has 2 bridgehead atoms. The van der Waals surface area contributed by atoms with Gasteiger partial charge in [0, 0.05) is 23.6 Å². The first-order chi connectivity index (χ1) is 16.5. The second kappa shape index (κ2) is 6.24. The van der Waals surface area contributed by atoms with Crippen LogP contribution in [0.5, 0.6) is 11.5 Å². The summed E-state index contributed by atoms with van der Waals surface area (Å²) in [6, 6.07) is 12.1. The van der Waals surface area contributed by atoms with Crippen molar-refractivity contribution in [3.8, 4) is 11.5 Å². The Morgan fingerprint density at radius 2 is 1.88 bits per heavy atom. The number of aliphatic hydroxyl groups is 1. The number of aromatic hydroxyl groups is 1. The van der Waals surface area contributed by atoms with Crippen LogP contribution in [0.4, 0.5) is 0 Å². The van der Waals surface area contributed by atoms with Gasteiger partial charge in [-0.25, -0.2) is 0 Å². The Labute approximate surface area is 199 Å². The van der Waals surface area contributed by atoms with Crippen LogP contribution < -0.4 is 4.74 Å². The number of benzene rings is 2. The second-order valence-electron chi connectivity index (χ2n) is 12.0. The normalized spacial score (nSPS) is 39.5. The first-order valence-electron chi connectivity index (χ1n) is 13.0. The number of rotatable bonds is 2. The molecule has 8 rings (SSSR count). The van der Waals surface area contributed by atoms with Crippen LogP contribution in [0.3, 0.4) is 0 Å². The minimum Gasteiger partial charge on any atom is -0.504 e. The van der Waals surface area contributed by atoms with Gasteiger partial charge in [-0.05, 0) is 86.6 Å². The van der Waals surface area contributed by atoms with Crippen LogP contribution >= 0.6 is 0 Å². The molecule has 5 nitrogen and oxygen atoms in total. The molecule has 0 amide bonds. The van der Waals surface area contributed by atoms with E-state index in [9.17, 15) is 15.0 Å². The lowest BCUT2D eigenvalue weighted by Crippen LogP contribution is -2.79. The van der Waals surface area contributed by atoms with Gasteiger partial charge in [0.1, 0.15) is 0 Å². The van der Waals surface area contributed by atoms with E-state index in [4.69, 9.17) is 4.74 Å². The van der Waals surface area contributed by atoms with Gasteiger partial charge in [0.25, 0.3) is 0 Å². The number of phenolic OH excluding ortho intramolecular Hbond substituents is 1. The number of aryl methyl sites for hydroxylation is 1. The van der Waals surface area contributed by atoms with Gasteiger partial charge in [-0.1, -0.05) is 30.3 Å². The molecule has 176 valence electrons. The summed E-state index contributed by atoms with van der Waals surface area (Å²) in [5, 5.41) is 23.7. The third-order valence-electron chi connectivity index (χ3n) is 10.4. The molecule has 2 aromatic carbocycles. The fraction of sp³-hybridized carbons (Fsp3) is 0.552. The molecule has 6 aliphatic rings. The summed E-state index contributed by atoms with van der Waals surface area (Å²) < 4.78 is 6.45. The fourth-order valence-electron chi connectivity index (χ4n) is 8.68. The van der Waals surface area contributed by atoms with Crippen LogP contribution in [0.2, 0.25) is 0 Å². The third-order valence-corrected chi connectivity index (χ3v) is 10.4. The van der Waals surface area contributed by atoms with Crippen molar-refractivity contribution in [1.82, 2.24) is 4.90 Å². The van der Waals surface area contributed by atoms with Crippen molar-refractivity contribution in [2.75, 3.05) is 13.1 Å². The molecule has 2 spiro atoms. The molecule has 2 aliphatic heterocycles. The van der Waals surface area contributed by atoms with Crippen molar-refractivity contribution < 1.29 is 19.7 Å². The highest BCUT2D eigenvalue weighted by Gasteiger charge is 2.77. The van der Waals surface area contributed by atoms with Gasteiger partial charge < -0.3 is 14.9 Å². The zero-order valence-electron chi connectivity index (χ0n) is 19.4. The largest absolute Gasteiger partial charge is 0.504 e. The molecule has 2 N–H and O–H groups in total. The number of hydrogen-bond donors (Lipinski definition) is 2. The predicted octanol–water partition coefficient (Wildman–Crippen LogP) is 3.31. The Kier molecular flexibility index (Phi) is 3.65. The smallest absolute Gasteiger partial charge is 0.180 e. The van der Waals surface area contributed by atoms with Gasteiger partial charge >= 0.3 is 0 Å². The lowest BCUT2D eigenvalue weighted by molar-refractivity contribution is -0.211. The average molecular weight is 458 g/mol. The summed E-state index contributed by atoms with van der Waals surface area (Å²) in [5.74, 6) is 1.44. The van der Waals surface area contributed by atoms with E-state index in [2.05, 4.69) is 29.2 Å². The zero-order chi connectivity index (χ0) is 22.9. The number of ketones is 1. The standard InChI is InChI=1S/C29H31NO4/c31-21-8-7-19-13-22-29(33)16-27(10-9-18-3-1-2-4-20(18)14-27)25(32)26-28(29,23(19)24(21)34-26)11-12-30(22)15-17-5-6-17/h1-4,7-8,17,22,26,31,33H,5-6,9-16H2/t22-,26-,27+,28-,29+/m0/s1. The van der Waals surface area contributed by atoms with Crippen molar-refractivity contribution >= 4 is 5.78 Å². The van der Waals surface area contributed by atoms with Gasteiger partial charge in [-0.15, -0.1) is 0 Å². The number of Topliss-reactive ketones (excluding diaryl/α,β-unsaturated/α-hetero) is 1. The Morgan fingerprint density at radius 3 is 2.71 bits per heavy atom. The molecule has 0 radical (unpaired) electrons. The molecule has 2 heterocycles. The van der Waals surface area contributed by atoms with Crippen molar-refractivity contribution in [2.45, 2.75) is 74.5 Å². The SMILES string of the molecule is O=C1[C@@H]2Oc3c(O)ccc4c3[C@@]23CCN(CC2CC2)[C@@H](C4)[C@]3(O)C[C@]12CCc1ccccc1C2. The van der Waals surface area contributed by atoms with Crippen LogP contribution in [-0.4, -0.2) is 51.7 Å². The van der Waals surface area contributed by atoms with Crippen LogP contribution in [0, 0.1) is 11.3 Å². The number of phenols is 1. The number of carbonyl (C=O) groups excluding carboxylic acids is 1. The molecular formula is C29H31NO4. The molecule has 1 saturated heterocycles. The maximum atomic E-state index is 14.4. The average Bonchev–Trinajstić information content (AvgIpc) is 3.57. The molecule has 0 unspecified atom stereocenters. The van der Waals surface area contributed by atoms with Crippen LogP contribution in [0.1, 0.15) is 54.4 Å². The van der Waals surface area contributed by atoms with Gasteiger partial charge in [-0.2, -0.15) is 0 Å². The van der Waals surface area contributed by atoms with Crippen LogP contribution in [0.15, 0.2) is 36.4 Å². The maximum Gasteiger partial charge on any atom is 0.180 e. The highest BCUT2D eigenvalue weighted by atomic mass is 16.5. The topological polar surface area (TPSA) is 70.0 Å². The molecule has 3 fully saturated rings. The summed E-state index contributed by atoms with van der Waals surface area (Å²) in [5.41, 5.74) is 2.22. The first-order valence-corrected chi connectivity index (χ1v) is 13.0. The van der Waals surface area contributed by atoms with Crippen LogP contribution in [-0.2, 0) is 29.5 Å². The molecule has 2 saturated carbocycles. The number of likely N-dealkylation sites (tertiary alicyclic amines) is 1. The highest BCUT2D eigenvalue weighted by Crippen LogP contribution is 2.68. The van der Waals surface area contributed by atoms with E-state index in [1.807, 2.05) is 6.07 Å².